The minimum atomic E-state index is 0.290. The van der Waals surface area contributed by atoms with Gasteiger partial charge in [0.25, 0.3) is 0 Å². The molecule has 0 aromatic heterocycles. The van der Waals surface area contributed by atoms with Crippen molar-refractivity contribution < 1.29 is 4.74 Å². The third-order valence-electron chi connectivity index (χ3n) is 1.18. The lowest BCUT2D eigenvalue weighted by molar-refractivity contribution is 0.0884. The van der Waals surface area contributed by atoms with Crippen molar-refractivity contribution in [1.82, 2.24) is 5.32 Å². The molecular weight excluding hydrogens is 126 g/mol. The van der Waals surface area contributed by atoms with Crippen LogP contribution in [0.2, 0.25) is 0 Å². The van der Waals surface area contributed by atoms with Crippen LogP contribution in [-0.4, -0.2) is 25.8 Å². The molecule has 0 aliphatic carbocycles. The molecule has 1 unspecified atom stereocenters. The van der Waals surface area contributed by atoms with Crippen LogP contribution in [0, 0.1) is 0 Å². The van der Waals surface area contributed by atoms with Gasteiger partial charge in [-0.15, -0.1) is 6.58 Å². The lowest BCUT2D eigenvalue weighted by Crippen LogP contribution is -2.26. The lowest BCUT2D eigenvalue weighted by Gasteiger charge is -2.10. The average molecular weight is 143 g/mol. The van der Waals surface area contributed by atoms with Gasteiger partial charge in [-0.05, 0) is 13.5 Å². The van der Waals surface area contributed by atoms with Crippen LogP contribution in [0.4, 0.5) is 0 Å². The van der Waals surface area contributed by atoms with Crippen molar-refractivity contribution in [2.75, 3.05) is 19.7 Å². The van der Waals surface area contributed by atoms with Gasteiger partial charge in [-0.1, -0.05) is 13.0 Å². The van der Waals surface area contributed by atoms with E-state index in [0.717, 1.165) is 13.1 Å². The van der Waals surface area contributed by atoms with E-state index in [9.17, 15) is 0 Å². The largest absolute Gasteiger partial charge is 0.373 e. The highest BCUT2D eigenvalue weighted by Crippen LogP contribution is 1.87. The van der Waals surface area contributed by atoms with E-state index < -0.39 is 0 Å². The van der Waals surface area contributed by atoms with Gasteiger partial charge < -0.3 is 10.1 Å². The van der Waals surface area contributed by atoms with E-state index in [1.54, 1.807) is 6.08 Å². The maximum Gasteiger partial charge on any atom is 0.0675 e. The fraction of sp³-hybridized carbons (Fsp3) is 0.750. The van der Waals surface area contributed by atoms with Crippen LogP contribution in [0.25, 0.3) is 0 Å². The summed E-state index contributed by atoms with van der Waals surface area (Å²) in [7, 11) is 0. The van der Waals surface area contributed by atoms with Crippen molar-refractivity contribution in [1.29, 1.82) is 0 Å². The molecule has 0 fully saturated rings. The van der Waals surface area contributed by atoms with E-state index in [-0.39, 0.29) is 6.10 Å². The molecule has 1 N–H and O–H groups in total. The zero-order valence-corrected chi connectivity index (χ0v) is 6.89. The maximum atomic E-state index is 5.31. The van der Waals surface area contributed by atoms with Gasteiger partial charge in [-0.3, -0.25) is 0 Å². The van der Waals surface area contributed by atoms with Crippen LogP contribution in [-0.2, 0) is 4.74 Å². The zero-order chi connectivity index (χ0) is 7.82. The lowest BCUT2D eigenvalue weighted by atomic mass is 10.4. The molecule has 0 rings (SSSR count). The zero-order valence-electron chi connectivity index (χ0n) is 6.89. The first kappa shape index (κ1) is 9.66. The Hall–Kier alpha value is -0.340. The molecule has 0 aliphatic rings. The summed E-state index contributed by atoms with van der Waals surface area (Å²) in [6, 6.07) is 0. The van der Waals surface area contributed by atoms with Crippen LogP contribution in [0.15, 0.2) is 12.7 Å². The minimum absolute atomic E-state index is 0.290. The highest BCUT2D eigenvalue weighted by Gasteiger charge is 1.97. The van der Waals surface area contributed by atoms with Gasteiger partial charge in [0.2, 0.25) is 0 Å². The first-order valence-electron chi connectivity index (χ1n) is 3.74. The molecule has 0 radical (unpaired) electrons. The molecular formula is C8H17NO. The molecule has 1 atom stereocenters. The molecule has 60 valence electrons. The second-order valence-electron chi connectivity index (χ2n) is 2.24. The Morgan fingerprint density at radius 2 is 2.40 bits per heavy atom. The Balaban J connectivity index is 3.07. The molecule has 10 heavy (non-hydrogen) atoms. The number of ether oxygens (including phenoxy) is 1. The van der Waals surface area contributed by atoms with Gasteiger partial charge in [-0.2, -0.15) is 0 Å². The molecule has 2 nitrogen and oxygen atoms in total. The van der Waals surface area contributed by atoms with E-state index in [1.165, 1.54) is 0 Å². The fourth-order valence-electron chi connectivity index (χ4n) is 0.639. The predicted octanol–water partition coefficient (Wildman–Crippen LogP) is 1.19. The summed E-state index contributed by atoms with van der Waals surface area (Å²) in [4.78, 5) is 0. The number of hydrogen-bond acceptors (Lipinski definition) is 2. The van der Waals surface area contributed by atoms with Crippen molar-refractivity contribution in [3.8, 4) is 0 Å². The van der Waals surface area contributed by atoms with Gasteiger partial charge >= 0.3 is 0 Å². The molecule has 0 aliphatic heterocycles. The standard InChI is InChI=1S/C8H17NO/c1-4-6-10-8(3)7-9-5-2/h4,8-9H,1,5-7H2,2-3H3. The SMILES string of the molecule is C=CCOC(C)CNCC. The fourth-order valence-corrected chi connectivity index (χ4v) is 0.639. The summed E-state index contributed by atoms with van der Waals surface area (Å²) in [5.41, 5.74) is 0. The third-order valence-corrected chi connectivity index (χ3v) is 1.18. The van der Waals surface area contributed by atoms with Crippen LogP contribution in [0.3, 0.4) is 0 Å². The summed E-state index contributed by atoms with van der Waals surface area (Å²) < 4.78 is 5.31. The molecule has 0 aromatic carbocycles. The van der Waals surface area contributed by atoms with Crippen molar-refractivity contribution in [2.45, 2.75) is 20.0 Å². The van der Waals surface area contributed by atoms with E-state index in [2.05, 4.69) is 18.8 Å². The summed E-state index contributed by atoms with van der Waals surface area (Å²) in [5.74, 6) is 0. The van der Waals surface area contributed by atoms with Crippen LogP contribution < -0.4 is 5.32 Å². The van der Waals surface area contributed by atoms with E-state index in [0.29, 0.717) is 6.61 Å². The molecule has 0 amide bonds. The van der Waals surface area contributed by atoms with Gasteiger partial charge in [0.05, 0.1) is 12.7 Å². The molecule has 0 saturated carbocycles. The van der Waals surface area contributed by atoms with Gasteiger partial charge in [0.15, 0.2) is 0 Å². The van der Waals surface area contributed by atoms with Crippen LogP contribution >= 0.6 is 0 Å². The Morgan fingerprint density at radius 1 is 1.70 bits per heavy atom. The highest BCUT2D eigenvalue weighted by molar-refractivity contribution is 4.65. The summed E-state index contributed by atoms with van der Waals surface area (Å²) in [6.07, 6.45) is 2.06. The normalized spacial score (nSPS) is 13.0. The van der Waals surface area contributed by atoms with Crippen molar-refractivity contribution >= 4 is 0 Å². The molecule has 0 aromatic rings. The quantitative estimate of drug-likeness (QED) is 0.564. The van der Waals surface area contributed by atoms with Crippen molar-refractivity contribution in [3.05, 3.63) is 12.7 Å². The number of rotatable bonds is 6. The van der Waals surface area contributed by atoms with E-state index in [1.807, 2.05) is 6.92 Å². The summed E-state index contributed by atoms with van der Waals surface area (Å²) in [6.45, 7) is 10.3. The first-order valence-corrected chi connectivity index (χ1v) is 3.74. The monoisotopic (exact) mass is 143 g/mol. The summed E-state index contributed by atoms with van der Waals surface area (Å²) >= 11 is 0. The molecule has 2 heteroatoms. The third kappa shape index (κ3) is 5.79. The minimum Gasteiger partial charge on any atom is -0.373 e. The average Bonchev–Trinajstić information content (AvgIpc) is 1.97. The Labute approximate surface area is 63.3 Å². The summed E-state index contributed by atoms with van der Waals surface area (Å²) in [5, 5.41) is 3.20. The smallest absolute Gasteiger partial charge is 0.0675 e. The highest BCUT2D eigenvalue weighted by atomic mass is 16.5. The molecule has 0 spiro atoms. The van der Waals surface area contributed by atoms with Crippen molar-refractivity contribution in [2.24, 2.45) is 0 Å². The number of hydrogen-bond donors (Lipinski definition) is 1. The topological polar surface area (TPSA) is 21.3 Å². The molecule has 0 saturated heterocycles. The Morgan fingerprint density at radius 3 is 2.90 bits per heavy atom. The first-order chi connectivity index (χ1) is 4.81. The van der Waals surface area contributed by atoms with Gasteiger partial charge in [0, 0.05) is 6.54 Å². The number of likely N-dealkylation sites (N-methyl/N-ethyl adjacent to an activating group) is 1. The second kappa shape index (κ2) is 6.78. The Kier molecular flexibility index (Phi) is 6.55. The second-order valence-corrected chi connectivity index (χ2v) is 2.24. The maximum absolute atomic E-state index is 5.31. The van der Waals surface area contributed by atoms with E-state index >= 15 is 0 Å². The molecule has 0 bridgehead atoms. The number of nitrogens with one attached hydrogen (secondary N) is 1. The predicted molar refractivity (Wildman–Crippen MR) is 44.2 cm³/mol. The Bertz CT molecular complexity index is 83.3. The molecule has 0 heterocycles. The van der Waals surface area contributed by atoms with E-state index in [4.69, 9.17) is 4.74 Å². The van der Waals surface area contributed by atoms with Crippen molar-refractivity contribution in [3.63, 3.8) is 0 Å². The van der Waals surface area contributed by atoms with Crippen LogP contribution in [0.1, 0.15) is 13.8 Å². The van der Waals surface area contributed by atoms with Gasteiger partial charge in [0.1, 0.15) is 0 Å². The van der Waals surface area contributed by atoms with Crippen LogP contribution in [0.5, 0.6) is 0 Å². The van der Waals surface area contributed by atoms with Gasteiger partial charge in [-0.25, -0.2) is 0 Å².